The number of nitrogens with one attached hydrogen (secondary N) is 4. The SMILES string of the molecule is CC(C)C[C@H](NC(=O)Nc1cccnc1Cl)C(=O)Nc1ccn[nH]1. The van der Waals surface area contributed by atoms with Gasteiger partial charge in [-0.05, 0) is 24.5 Å². The van der Waals surface area contributed by atoms with Gasteiger partial charge in [0.25, 0.3) is 0 Å². The van der Waals surface area contributed by atoms with Crippen molar-refractivity contribution >= 4 is 35.0 Å². The number of rotatable bonds is 6. The van der Waals surface area contributed by atoms with E-state index in [0.29, 0.717) is 17.9 Å². The number of anilines is 2. The van der Waals surface area contributed by atoms with Gasteiger partial charge in [-0.3, -0.25) is 9.89 Å². The third-order valence-electron chi connectivity index (χ3n) is 3.09. The standard InChI is InChI=1S/C15H19ClN6O2/c1-9(2)8-11(14(23)21-12-5-7-18-22-12)20-15(24)19-10-4-3-6-17-13(10)16/h3-7,9,11H,8H2,1-2H3,(H2,19,20,24)(H2,18,21,22,23)/t11-/m0/s1. The van der Waals surface area contributed by atoms with Crippen LogP contribution in [0, 0.1) is 5.92 Å². The minimum Gasteiger partial charge on any atom is -0.326 e. The molecule has 0 spiro atoms. The normalized spacial score (nSPS) is 11.8. The molecule has 128 valence electrons. The van der Waals surface area contributed by atoms with E-state index >= 15 is 0 Å². The van der Waals surface area contributed by atoms with Crippen LogP contribution in [0.15, 0.2) is 30.6 Å². The van der Waals surface area contributed by atoms with Crippen molar-refractivity contribution in [2.75, 3.05) is 10.6 Å². The molecule has 2 rings (SSSR count). The van der Waals surface area contributed by atoms with Crippen molar-refractivity contribution in [3.63, 3.8) is 0 Å². The van der Waals surface area contributed by atoms with E-state index in [1.807, 2.05) is 13.8 Å². The number of H-pyrrole nitrogens is 1. The number of carbonyl (C=O) groups excluding carboxylic acids is 2. The Morgan fingerprint density at radius 2 is 2.04 bits per heavy atom. The van der Waals surface area contributed by atoms with Crippen LogP contribution in [-0.2, 0) is 4.79 Å². The maximum atomic E-state index is 12.4. The summed E-state index contributed by atoms with van der Waals surface area (Å²) in [6, 6.07) is 3.66. The molecule has 2 aromatic heterocycles. The molecule has 0 saturated heterocycles. The Labute approximate surface area is 144 Å². The molecule has 0 aromatic carbocycles. The van der Waals surface area contributed by atoms with E-state index in [1.54, 1.807) is 18.2 Å². The first-order valence-corrected chi connectivity index (χ1v) is 7.81. The van der Waals surface area contributed by atoms with Crippen molar-refractivity contribution in [2.45, 2.75) is 26.3 Å². The second-order valence-corrected chi connectivity index (χ2v) is 5.94. The molecule has 9 heteroatoms. The lowest BCUT2D eigenvalue weighted by Gasteiger charge is -2.20. The van der Waals surface area contributed by atoms with Gasteiger partial charge in [0.05, 0.1) is 11.9 Å². The molecule has 0 unspecified atom stereocenters. The minimum absolute atomic E-state index is 0.176. The van der Waals surface area contributed by atoms with E-state index in [0.717, 1.165) is 0 Å². The number of aromatic amines is 1. The van der Waals surface area contributed by atoms with Crippen molar-refractivity contribution in [2.24, 2.45) is 5.92 Å². The fourth-order valence-corrected chi connectivity index (χ4v) is 2.21. The fraction of sp³-hybridized carbons (Fsp3) is 0.333. The second-order valence-electron chi connectivity index (χ2n) is 5.58. The fourth-order valence-electron chi connectivity index (χ4n) is 2.04. The van der Waals surface area contributed by atoms with Gasteiger partial charge in [0, 0.05) is 12.3 Å². The summed E-state index contributed by atoms with van der Waals surface area (Å²) < 4.78 is 0. The van der Waals surface area contributed by atoms with E-state index in [1.165, 1.54) is 12.4 Å². The van der Waals surface area contributed by atoms with Gasteiger partial charge < -0.3 is 16.0 Å². The largest absolute Gasteiger partial charge is 0.326 e. The van der Waals surface area contributed by atoms with Crippen molar-refractivity contribution in [3.8, 4) is 0 Å². The van der Waals surface area contributed by atoms with Gasteiger partial charge in [-0.15, -0.1) is 0 Å². The highest BCUT2D eigenvalue weighted by Gasteiger charge is 2.22. The molecule has 4 N–H and O–H groups in total. The Hall–Kier alpha value is -2.61. The third-order valence-corrected chi connectivity index (χ3v) is 3.40. The van der Waals surface area contributed by atoms with Crippen molar-refractivity contribution in [3.05, 3.63) is 35.7 Å². The number of nitrogens with zero attached hydrogens (tertiary/aromatic N) is 2. The molecule has 2 heterocycles. The highest BCUT2D eigenvalue weighted by molar-refractivity contribution is 6.32. The van der Waals surface area contributed by atoms with Crippen molar-refractivity contribution < 1.29 is 9.59 Å². The molecule has 0 bridgehead atoms. The summed E-state index contributed by atoms with van der Waals surface area (Å²) in [5.41, 5.74) is 0.369. The molecule has 0 radical (unpaired) electrons. The smallest absolute Gasteiger partial charge is 0.319 e. The molecule has 2 aromatic rings. The number of hydrogen-bond acceptors (Lipinski definition) is 4. The summed E-state index contributed by atoms with van der Waals surface area (Å²) in [6.07, 6.45) is 3.52. The average molecular weight is 351 g/mol. The van der Waals surface area contributed by atoms with Crippen LogP contribution in [0.4, 0.5) is 16.3 Å². The lowest BCUT2D eigenvalue weighted by molar-refractivity contribution is -0.118. The van der Waals surface area contributed by atoms with E-state index in [-0.39, 0.29) is 17.0 Å². The third kappa shape index (κ3) is 5.24. The summed E-state index contributed by atoms with van der Waals surface area (Å²) in [4.78, 5) is 28.4. The predicted octanol–water partition coefficient (Wildman–Crippen LogP) is 2.63. The number of aromatic nitrogens is 3. The maximum Gasteiger partial charge on any atom is 0.319 e. The molecule has 0 aliphatic heterocycles. The molecule has 1 atom stereocenters. The monoisotopic (exact) mass is 350 g/mol. The van der Waals surface area contributed by atoms with Crippen LogP contribution in [0.2, 0.25) is 5.15 Å². The molecule has 0 fully saturated rings. The van der Waals surface area contributed by atoms with Gasteiger partial charge >= 0.3 is 6.03 Å². The van der Waals surface area contributed by atoms with Crippen molar-refractivity contribution in [1.82, 2.24) is 20.5 Å². The Morgan fingerprint density at radius 1 is 1.25 bits per heavy atom. The number of halogens is 1. The van der Waals surface area contributed by atoms with Crippen molar-refractivity contribution in [1.29, 1.82) is 0 Å². The Balaban J connectivity index is 2.00. The molecule has 0 aliphatic rings. The molecule has 3 amide bonds. The number of amides is 3. The zero-order valence-corrected chi connectivity index (χ0v) is 14.1. The van der Waals surface area contributed by atoms with Gasteiger partial charge in [0.2, 0.25) is 5.91 Å². The molecule has 0 aliphatic carbocycles. The summed E-state index contributed by atoms with van der Waals surface area (Å²) in [7, 11) is 0. The maximum absolute atomic E-state index is 12.4. The first-order valence-electron chi connectivity index (χ1n) is 7.44. The van der Waals surface area contributed by atoms with Gasteiger partial charge in [0.1, 0.15) is 11.9 Å². The zero-order chi connectivity index (χ0) is 17.5. The van der Waals surface area contributed by atoms with Crippen LogP contribution in [0.25, 0.3) is 0 Å². The Kier molecular flexibility index (Phi) is 6.14. The predicted molar refractivity (Wildman–Crippen MR) is 91.9 cm³/mol. The average Bonchev–Trinajstić information content (AvgIpc) is 3.01. The summed E-state index contributed by atoms with van der Waals surface area (Å²) >= 11 is 5.90. The quantitative estimate of drug-likeness (QED) is 0.600. The van der Waals surface area contributed by atoms with E-state index in [4.69, 9.17) is 11.6 Å². The van der Waals surface area contributed by atoms with Gasteiger partial charge in [-0.1, -0.05) is 25.4 Å². The second kappa shape index (κ2) is 8.30. The molecular weight excluding hydrogens is 332 g/mol. The van der Waals surface area contributed by atoms with E-state index in [2.05, 4.69) is 31.1 Å². The van der Waals surface area contributed by atoms with Crippen LogP contribution in [0.5, 0.6) is 0 Å². The van der Waals surface area contributed by atoms with Gasteiger partial charge in [-0.25, -0.2) is 9.78 Å². The number of pyridine rings is 1. The summed E-state index contributed by atoms with van der Waals surface area (Å²) in [5.74, 6) is 0.344. The lowest BCUT2D eigenvalue weighted by Crippen LogP contribution is -2.46. The molecular formula is C15H19ClN6O2. The Bertz CT molecular complexity index is 689. The Morgan fingerprint density at radius 3 is 2.67 bits per heavy atom. The van der Waals surface area contributed by atoms with Crippen LogP contribution < -0.4 is 16.0 Å². The minimum atomic E-state index is -0.705. The number of urea groups is 1. The summed E-state index contributed by atoms with van der Waals surface area (Å²) in [5, 5.41) is 14.5. The van der Waals surface area contributed by atoms with Crippen LogP contribution in [0.1, 0.15) is 20.3 Å². The lowest BCUT2D eigenvalue weighted by atomic mass is 10.0. The molecule has 24 heavy (non-hydrogen) atoms. The number of hydrogen-bond donors (Lipinski definition) is 4. The van der Waals surface area contributed by atoms with E-state index < -0.39 is 12.1 Å². The first kappa shape index (κ1) is 17.7. The highest BCUT2D eigenvalue weighted by atomic mass is 35.5. The number of carbonyl (C=O) groups is 2. The van der Waals surface area contributed by atoms with Crippen LogP contribution in [0.3, 0.4) is 0 Å². The summed E-state index contributed by atoms with van der Waals surface area (Å²) in [6.45, 7) is 3.93. The zero-order valence-electron chi connectivity index (χ0n) is 13.3. The first-order chi connectivity index (χ1) is 11.5. The topological polar surface area (TPSA) is 112 Å². The van der Waals surface area contributed by atoms with Gasteiger partial charge in [0.15, 0.2) is 5.15 Å². The highest BCUT2D eigenvalue weighted by Crippen LogP contribution is 2.17. The van der Waals surface area contributed by atoms with E-state index in [9.17, 15) is 9.59 Å². The molecule has 0 saturated carbocycles. The van der Waals surface area contributed by atoms with Gasteiger partial charge in [-0.2, -0.15) is 5.10 Å². The van der Waals surface area contributed by atoms with Crippen LogP contribution >= 0.6 is 11.6 Å². The molecule has 8 nitrogen and oxygen atoms in total. The van der Waals surface area contributed by atoms with Crippen LogP contribution in [-0.4, -0.2) is 33.2 Å².